The second kappa shape index (κ2) is 18.3. The molecule has 71 heavy (non-hydrogen) atoms. The van der Waals surface area contributed by atoms with E-state index in [-0.39, 0.29) is 30.8 Å². The summed E-state index contributed by atoms with van der Waals surface area (Å²) in [4.78, 5) is 67.2. The fraction of sp³-hybridized carbons (Fsp3) is 0.226. The Morgan fingerprint density at radius 3 is 2.14 bits per heavy atom. The van der Waals surface area contributed by atoms with Gasteiger partial charge in [-0.2, -0.15) is 28.4 Å². The molecule has 2 saturated heterocycles. The Bertz CT molecular complexity index is 3160. The number of imide groups is 2. The number of phenolic OH excluding ortho intramolecular Hbond substituents is 1. The summed E-state index contributed by atoms with van der Waals surface area (Å²) < 4.78 is 47.1. The maximum Gasteiger partial charge on any atom is 0.417 e. The Morgan fingerprint density at radius 1 is 0.831 bits per heavy atom. The van der Waals surface area contributed by atoms with Crippen LogP contribution < -0.4 is 20.0 Å². The lowest BCUT2D eigenvalue weighted by atomic mass is 9.49. The summed E-state index contributed by atoms with van der Waals surface area (Å²) in [6.07, 6.45) is -2.47. The highest BCUT2D eigenvalue weighted by atomic mass is 35.5. The van der Waals surface area contributed by atoms with Crippen molar-refractivity contribution >= 4 is 75.4 Å². The molecule has 0 bridgehead atoms. The fourth-order valence-electron chi connectivity index (χ4n) is 10.6. The van der Waals surface area contributed by atoms with E-state index in [1.165, 1.54) is 6.07 Å². The second-order valence-corrected chi connectivity index (χ2v) is 18.9. The predicted molar refractivity (Wildman–Crippen MR) is 260 cm³/mol. The van der Waals surface area contributed by atoms with Gasteiger partial charge in [0, 0.05) is 48.5 Å². The zero-order chi connectivity index (χ0) is 49.9. The van der Waals surface area contributed by atoms with Crippen molar-refractivity contribution in [1.29, 1.82) is 0 Å². The first-order chi connectivity index (χ1) is 34.0. The molecular weight excluding hydrogens is 959 g/mol. The van der Waals surface area contributed by atoms with Gasteiger partial charge < -0.3 is 14.7 Å². The molecule has 1 saturated carbocycles. The minimum atomic E-state index is -4.79. The molecular formula is C53H42Cl2F3N7O6. The van der Waals surface area contributed by atoms with Crippen molar-refractivity contribution in [3.8, 4) is 11.5 Å². The monoisotopic (exact) mass is 999 g/mol. The van der Waals surface area contributed by atoms with Crippen LogP contribution >= 0.6 is 23.2 Å². The van der Waals surface area contributed by atoms with Crippen LogP contribution in [0.25, 0.3) is 0 Å². The van der Waals surface area contributed by atoms with E-state index in [4.69, 9.17) is 27.9 Å². The quantitative estimate of drug-likeness (QED) is 0.0732. The minimum Gasteiger partial charge on any atom is -0.508 e. The van der Waals surface area contributed by atoms with Gasteiger partial charge in [-0.05, 0) is 103 Å². The molecule has 2 aliphatic carbocycles. The molecule has 6 atom stereocenters. The number of ether oxygens (including phenoxy) is 1. The Hall–Kier alpha value is -7.56. The molecule has 2 N–H and O–H groups in total. The van der Waals surface area contributed by atoms with Crippen molar-refractivity contribution in [2.75, 3.05) is 29.3 Å². The second-order valence-electron chi connectivity index (χ2n) is 18.1. The number of hydrogen-bond donors (Lipinski definition) is 2. The Morgan fingerprint density at radius 2 is 1.51 bits per heavy atom. The Balaban J connectivity index is 1.05. The Labute approximate surface area is 415 Å². The van der Waals surface area contributed by atoms with Crippen LogP contribution in [0, 0.1) is 23.7 Å². The number of phenols is 1. The van der Waals surface area contributed by atoms with E-state index in [9.17, 15) is 27.9 Å². The number of pyridine rings is 1. The number of azo groups is 1. The number of benzene rings is 5. The van der Waals surface area contributed by atoms with Gasteiger partial charge in [0.25, 0.3) is 11.8 Å². The van der Waals surface area contributed by atoms with Crippen LogP contribution in [0.3, 0.4) is 0 Å². The van der Waals surface area contributed by atoms with Crippen molar-refractivity contribution < 1.29 is 42.2 Å². The van der Waals surface area contributed by atoms with Gasteiger partial charge in [0.2, 0.25) is 11.8 Å². The van der Waals surface area contributed by atoms with E-state index in [0.717, 1.165) is 16.2 Å². The maximum atomic E-state index is 15.6. The summed E-state index contributed by atoms with van der Waals surface area (Å²) >= 11 is 12.8. The van der Waals surface area contributed by atoms with Crippen molar-refractivity contribution in [2.45, 2.75) is 37.0 Å². The first kappa shape index (κ1) is 47.1. The van der Waals surface area contributed by atoms with Crippen molar-refractivity contribution in [1.82, 2.24) is 9.99 Å². The molecule has 4 amide bonds. The summed E-state index contributed by atoms with van der Waals surface area (Å²) in [5.74, 6) is -8.10. The Kier molecular flexibility index (Phi) is 12.2. The highest BCUT2D eigenvalue weighted by Crippen LogP contribution is 2.65. The van der Waals surface area contributed by atoms with Crippen LogP contribution in [0.5, 0.6) is 11.5 Å². The van der Waals surface area contributed by atoms with E-state index in [2.05, 4.69) is 20.6 Å². The first-order valence-corrected chi connectivity index (χ1v) is 23.3. The average molecular weight is 1000 g/mol. The van der Waals surface area contributed by atoms with Gasteiger partial charge in [0.1, 0.15) is 18.1 Å². The summed E-state index contributed by atoms with van der Waals surface area (Å²) in [7, 11) is 3.87. The van der Waals surface area contributed by atoms with E-state index >= 15 is 9.59 Å². The number of rotatable bonds is 11. The van der Waals surface area contributed by atoms with Gasteiger partial charge >= 0.3 is 6.18 Å². The molecule has 0 radical (unpaired) electrons. The lowest BCUT2D eigenvalue weighted by molar-refractivity contribution is -0.139. The SMILES string of the molecule is CN(C)c1ccc(N=Nc2ccc(N3C(=O)[C@H]4[C@H](CC=C5[C@H]4C[C@H]4C(=O)N(Nc6ncc(C(F)(F)F)cc6Cl)C(=O)[C@@]4(c4ccc(Cl)cc4)[C@H]5c4ccc(OCc5ccccc5)cc4O)C3=O)cc2)cc1. The van der Waals surface area contributed by atoms with Gasteiger partial charge in [0.15, 0.2) is 5.82 Å². The number of amides is 4. The minimum absolute atomic E-state index is 0.0859. The molecule has 1 aromatic heterocycles. The molecule has 3 heterocycles. The molecule has 4 aliphatic rings. The number of alkyl halides is 3. The van der Waals surface area contributed by atoms with E-state index < -0.39 is 81.2 Å². The number of aromatic nitrogens is 1. The summed E-state index contributed by atoms with van der Waals surface area (Å²) in [6, 6.07) is 35.0. The molecule has 5 aromatic carbocycles. The molecule has 0 spiro atoms. The van der Waals surface area contributed by atoms with Gasteiger partial charge in [-0.3, -0.25) is 29.5 Å². The fourth-order valence-corrected chi connectivity index (χ4v) is 10.9. The smallest absolute Gasteiger partial charge is 0.417 e. The number of anilines is 3. The molecule has 10 rings (SSSR count). The number of nitrogens with one attached hydrogen (secondary N) is 1. The van der Waals surface area contributed by atoms with E-state index in [1.54, 1.807) is 60.7 Å². The van der Waals surface area contributed by atoms with Crippen molar-refractivity contribution in [2.24, 2.45) is 33.9 Å². The molecule has 18 heteroatoms. The van der Waals surface area contributed by atoms with Gasteiger partial charge in [0.05, 0.1) is 50.8 Å². The largest absolute Gasteiger partial charge is 0.508 e. The van der Waals surface area contributed by atoms with Crippen LogP contribution in [0.4, 0.5) is 41.7 Å². The molecule has 2 aliphatic heterocycles. The van der Waals surface area contributed by atoms with Crippen LogP contribution in [0.15, 0.2) is 155 Å². The zero-order valence-corrected chi connectivity index (χ0v) is 39.4. The maximum absolute atomic E-state index is 15.6. The molecule has 360 valence electrons. The zero-order valence-electron chi connectivity index (χ0n) is 37.8. The van der Waals surface area contributed by atoms with E-state index in [0.29, 0.717) is 56.2 Å². The number of hydrogen-bond acceptors (Lipinski definition) is 11. The topological polar surface area (TPSA) is 157 Å². The molecule has 6 aromatic rings. The predicted octanol–water partition coefficient (Wildman–Crippen LogP) is 11.4. The van der Waals surface area contributed by atoms with Crippen LogP contribution in [-0.4, -0.2) is 52.8 Å². The van der Waals surface area contributed by atoms with E-state index in [1.807, 2.05) is 79.7 Å². The number of carbonyl (C=O) groups is 4. The van der Waals surface area contributed by atoms with Crippen molar-refractivity contribution in [3.63, 3.8) is 0 Å². The number of fused-ring (bicyclic) bond motifs is 4. The number of hydrazine groups is 1. The molecule has 0 unspecified atom stereocenters. The summed E-state index contributed by atoms with van der Waals surface area (Å²) in [6.45, 7) is 0.176. The number of halogens is 5. The third-order valence-electron chi connectivity index (χ3n) is 13.9. The third kappa shape index (κ3) is 8.33. The summed E-state index contributed by atoms with van der Waals surface area (Å²) in [5, 5.41) is 21.3. The third-order valence-corrected chi connectivity index (χ3v) is 14.4. The number of nitrogens with zero attached hydrogens (tertiary/aromatic N) is 6. The number of carbonyl (C=O) groups excluding carboxylic acids is 4. The van der Waals surface area contributed by atoms with Gasteiger partial charge in [-0.25, -0.2) is 4.98 Å². The normalized spacial score (nSPS) is 22.9. The summed E-state index contributed by atoms with van der Waals surface area (Å²) in [5.41, 5.74) is 3.97. The lowest BCUT2D eigenvalue weighted by Crippen LogP contribution is -2.53. The highest BCUT2D eigenvalue weighted by molar-refractivity contribution is 6.33. The standard InChI is InChI=1S/C53H42Cl2F3N7O6/c1-63(2)35-16-12-33(13-17-35)60-61-34-14-18-36(19-15-34)64-48(67)40-23-22-38-41(45(40)50(64)69)26-42-49(68)65(62-47-43(55)24-31(27-59-47)53(56,57)58)51(70)52(42,30-8-10-32(54)11-9-30)46(38)39-21-20-37(25-44(39)66)71-28-29-6-4-3-5-7-29/h3-22,24-25,27,40-42,45-46,66H,23,26,28H2,1-2H3,(H,59,62)/t40-,41+,42-,45-,46+,52+/m0/s1. The molecule has 13 nitrogen and oxygen atoms in total. The van der Waals surface area contributed by atoms with Gasteiger partial charge in [-0.15, -0.1) is 0 Å². The highest BCUT2D eigenvalue weighted by Gasteiger charge is 2.71. The number of aromatic hydroxyl groups is 1. The van der Waals surface area contributed by atoms with Crippen LogP contribution in [-0.2, 0) is 37.4 Å². The number of allylic oxidation sites excluding steroid dienone is 2. The average Bonchev–Trinajstić information content (AvgIpc) is 3.74. The van der Waals surface area contributed by atoms with Crippen LogP contribution in [0.2, 0.25) is 10.0 Å². The molecule has 3 fully saturated rings. The van der Waals surface area contributed by atoms with Crippen LogP contribution in [0.1, 0.15) is 41.0 Å². The first-order valence-electron chi connectivity index (χ1n) is 22.5. The van der Waals surface area contributed by atoms with Crippen molar-refractivity contribution in [3.05, 3.63) is 178 Å². The lowest BCUT2D eigenvalue weighted by Gasteiger charge is -2.50. The van der Waals surface area contributed by atoms with Gasteiger partial charge in [-0.1, -0.05) is 83.4 Å².